The number of likely N-dealkylation sites (tertiary alicyclic amines) is 1. The maximum atomic E-state index is 12.8. The van der Waals surface area contributed by atoms with E-state index >= 15 is 0 Å². The molecule has 158 valence electrons. The van der Waals surface area contributed by atoms with E-state index in [1.807, 2.05) is 0 Å². The van der Waals surface area contributed by atoms with Crippen molar-refractivity contribution in [3.63, 3.8) is 0 Å². The molecule has 0 aliphatic carbocycles. The Bertz CT molecular complexity index is 762. The molecule has 2 unspecified atom stereocenters. The molecule has 0 spiro atoms. The Morgan fingerprint density at radius 2 is 2.00 bits per heavy atom. The number of nitrogens with one attached hydrogen (secondary N) is 1. The van der Waals surface area contributed by atoms with Gasteiger partial charge in [0.25, 0.3) is 10.0 Å². The van der Waals surface area contributed by atoms with Crippen molar-refractivity contribution in [1.82, 2.24) is 14.5 Å². The van der Waals surface area contributed by atoms with E-state index in [0.29, 0.717) is 29.6 Å². The molecule has 1 aromatic heterocycles. The number of sulfonamides is 1. The Morgan fingerprint density at radius 3 is 2.68 bits per heavy atom. The summed E-state index contributed by atoms with van der Waals surface area (Å²) in [5.41, 5.74) is 0. The minimum atomic E-state index is -3.52. The number of hydrogen-bond acceptors (Lipinski definition) is 5. The molecule has 1 amide bonds. The summed E-state index contributed by atoms with van der Waals surface area (Å²) in [6.07, 6.45) is 5.32. The highest BCUT2D eigenvalue weighted by atomic mass is 79.9. The van der Waals surface area contributed by atoms with Crippen LogP contribution in [-0.4, -0.2) is 62.8 Å². The highest BCUT2D eigenvalue weighted by Crippen LogP contribution is 2.30. The van der Waals surface area contributed by atoms with E-state index in [1.165, 1.54) is 34.9 Å². The Hall–Kier alpha value is -0.480. The van der Waals surface area contributed by atoms with Crippen LogP contribution in [0.2, 0.25) is 0 Å². The first-order valence-corrected chi connectivity index (χ1v) is 13.2. The van der Waals surface area contributed by atoms with Gasteiger partial charge in [-0.05, 0) is 72.8 Å². The molecule has 1 N–H and O–H groups in total. The number of amides is 1. The van der Waals surface area contributed by atoms with Crippen LogP contribution in [0.4, 0.5) is 0 Å². The summed E-state index contributed by atoms with van der Waals surface area (Å²) in [5.74, 6) is 0.112. The molecule has 2 saturated heterocycles. The maximum absolute atomic E-state index is 12.8. The fourth-order valence-corrected chi connectivity index (χ4v) is 7.69. The molecule has 3 heterocycles. The third-order valence-electron chi connectivity index (χ3n) is 5.54. The maximum Gasteiger partial charge on any atom is 0.252 e. The molecule has 2 aliphatic heterocycles. The van der Waals surface area contributed by atoms with Crippen LogP contribution < -0.4 is 5.32 Å². The second kappa shape index (κ2) is 10.0. The lowest BCUT2D eigenvalue weighted by Crippen LogP contribution is -2.46. The Labute approximate surface area is 180 Å². The van der Waals surface area contributed by atoms with E-state index in [-0.39, 0.29) is 18.4 Å². The number of hydrogen-bond donors (Lipinski definition) is 1. The molecule has 2 atom stereocenters. The average Bonchev–Trinajstić information content (AvgIpc) is 3.14. The lowest BCUT2D eigenvalue weighted by molar-refractivity contribution is -0.126. The fourth-order valence-electron chi connectivity index (χ4n) is 4.00. The third-order valence-corrected chi connectivity index (χ3v) is 9.50. The molecule has 0 aromatic carbocycles. The van der Waals surface area contributed by atoms with Gasteiger partial charge in [-0.2, -0.15) is 4.31 Å². The SMILES string of the molecule is CC(CNC(=O)C1CCCN(S(=O)(=O)c2ccc(Br)s2)C1)CN1CCCCC1. The monoisotopic (exact) mass is 491 g/mol. The highest BCUT2D eigenvalue weighted by Gasteiger charge is 2.34. The summed E-state index contributed by atoms with van der Waals surface area (Å²) in [6, 6.07) is 3.37. The molecule has 6 nitrogen and oxygen atoms in total. The van der Waals surface area contributed by atoms with Gasteiger partial charge in [-0.25, -0.2) is 8.42 Å². The summed E-state index contributed by atoms with van der Waals surface area (Å²) < 4.78 is 28.3. The van der Waals surface area contributed by atoms with Crippen molar-refractivity contribution in [3.05, 3.63) is 15.9 Å². The van der Waals surface area contributed by atoms with E-state index in [4.69, 9.17) is 0 Å². The number of halogens is 1. The zero-order chi connectivity index (χ0) is 20.1. The first-order chi connectivity index (χ1) is 13.4. The third kappa shape index (κ3) is 5.78. The first-order valence-electron chi connectivity index (χ1n) is 10.1. The van der Waals surface area contributed by atoms with E-state index in [2.05, 4.69) is 33.1 Å². The van der Waals surface area contributed by atoms with Gasteiger partial charge in [0.2, 0.25) is 5.91 Å². The lowest BCUT2D eigenvalue weighted by atomic mass is 9.98. The van der Waals surface area contributed by atoms with Gasteiger partial charge in [0.1, 0.15) is 4.21 Å². The number of nitrogens with zero attached hydrogens (tertiary/aromatic N) is 2. The van der Waals surface area contributed by atoms with Gasteiger partial charge in [-0.1, -0.05) is 13.3 Å². The predicted molar refractivity (Wildman–Crippen MR) is 116 cm³/mol. The van der Waals surface area contributed by atoms with Crippen LogP contribution in [0.25, 0.3) is 0 Å². The van der Waals surface area contributed by atoms with E-state index in [9.17, 15) is 13.2 Å². The fraction of sp³-hybridized carbons (Fsp3) is 0.737. The minimum absolute atomic E-state index is 0.0160. The molecule has 3 rings (SSSR count). The topological polar surface area (TPSA) is 69.7 Å². The van der Waals surface area contributed by atoms with Gasteiger partial charge in [-0.15, -0.1) is 11.3 Å². The quantitative estimate of drug-likeness (QED) is 0.635. The van der Waals surface area contributed by atoms with Gasteiger partial charge in [0.15, 0.2) is 0 Å². The average molecular weight is 493 g/mol. The Kier molecular flexibility index (Phi) is 7.95. The minimum Gasteiger partial charge on any atom is -0.356 e. The smallest absolute Gasteiger partial charge is 0.252 e. The molecule has 28 heavy (non-hydrogen) atoms. The van der Waals surface area contributed by atoms with Crippen molar-refractivity contribution in [2.75, 3.05) is 39.3 Å². The number of piperidine rings is 2. The van der Waals surface area contributed by atoms with Crippen LogP contribution in [0.5, 0.6) is 0 Å². The molecule has 0 saturated carbocycles. The van der Waals surface area contributed by atoms with Crippen LogP contribution >= 0.6 is 27.3 Å². The van der Waals surface area contributed by atoms with Crippen LogP contribution in [0, 0.1) is 11.8 Å². The molecule has 1 aromatic rings. The van der Waals surface area contributed by atoms with Gasteiger partial charge in [0, 0.05) is 26.2 Å². The van der Waals surface area contributed by atoms with Gasteiger partial charge in [0.05, 0.1) is 9.70 Å². The zero-order valence-corrected chi connectivity index (χ0v) is 19.6. The number of rotatable bonds is 7. The van der Waals surface area contributed by atoms with Gasteiger partial charge < -0.3 is 10.2 Å². The Balaban J connectivity index is 1.50. The molecular weight excluding hydrogens is 462 g/mol. The molecule has 2 aliphatic rings. The molecule has 0 radical (unpaired) electrons. The summed E-state index contributed by atoms with van der Waals surface area (Å²) in [5, 5.41) is 3.07. The lowest BCUT2D eigenvalue weighted by Gasteiger charge is -2.32. The van der Waals surface area contributed by atoms with Crippen molar-refractivity contribution in [3.8, 4) is 0 Å². The standard InChI is InChI=1S/C19H30BrN3O3S2/c1-15(13-22-9-3-2-4-10-22)12-21-19(24)16-6-5-11-23(14-16)28(25,26)18-8-7-17(20)27-18/h7-8,15-16H,2-6,9-14H2,1H3,(H,21,24). The normalized spacial score (nSPS) is 23.4. The summed E-state index contributed by atoms with van der Waals surface area (Å²) in [6.45, 7) is 6.90. The summed E-state index contributed by atoms with van der Waals surface area (Å²) in [4.78, 5) is 15.1. The molecule has 2 fully saturated rings. The van der Waals surface area contributed by atoms with E-state index in [1.54, 1.807) is 12.1 Å². The van der Waals surface area contributed by atoms with Crippen LogP contribution in [-0.2, 0) is 14.8 Å². The van der Waals surface area contributed by atoms with Crippen LogP contribution in [0.1, 0.15) is 39.0 Å². The Morgan fingerprint density at radius 1 is 1.25 bits per heavy atom. The first kappa shape index (κ1) is 22.2. The number of carbonyl (C=O) groups is 1. The number of thiophene rings is 1. The molecule has 0 bridgehead atoms. The molecular formula is C19H30BrN3O3S2. The van der Waals surface area contributed by atoms with Crippen LogP contribution in [0.3, 0.4) is 0 Å². The molecule has 9 heteroatoms. The van der Waals surface area contributed by atoms with Crippen molar-refractivity contribution in [1.29, 1.82) is 0 Å². The van der Waals surface area contributed by atoms with Gasteiger partial charge >= 0.3 is 0 Å². The largest absolute Gasteiger partial charge is 0.356 e. The zero-order valence-electron chi connectivity index (χ0n) is 16.4. The number of carbonyl (C=O) groups excluding carboxylic acids is 1. The second-order valence-corrected chi connectivity index (χ2v) is 12.6. The van der Waals surface area contributed by atoms with Crippen molar-refractivity contribution >= 4 is 43.2 Å². The van der Waals surface area contributed by atoms with Crippen molar-refractivity contribution < 1.29 is 13.2 Å². The van der Waals surface area contributed by atoms with E-state index < -0.39 is 10.0 Å². The highest BCUT2D eigenvalue weighted by molar-refractivity contribution is 9.11. The van der Waals surface area contributed by atoms with E-state index in [0.717, 1.165) is 29.8 Å². The van der Waals surface area contributed by atoms with Crippen LogP contribution in [0.15, 0.2) is 20.1 Å². The van der Waals surface area contributed by atoms with Gasteiger partial charge in [-0.3, -0.25) is 4.79 Å². The second-order valence-electron chi connectivity index (χ2n) is 7.97. The van der Waals surface area contributed by atoms with Crippen molar-refractivity contribution in [2.24, 2.45) is 11.8 Å². The summed E-state index contributed by atoms with van der Waals surface area (Å²) >= 11 is 4.53. The predicted octanol–water partition coefficient (Wildman–Crippen LogP) is 3.15. The van der Waals surface area contributed by atoms with Crippen molar-refractivity contribution in [2.45, 2.75) is 43.2 Å². The summed E-state index contributed by atoms with van der Waals surface area (Å²) in [7, 11) is -3.52.